The van der Waals surface area contributed by atoms with Gasteiger partial charge >= 0.3 is 6.98 Å². The third-order valence-corrected chi connectivity index (χ3v) is 1.83. The van der Waals surface area contributed by atoms with Gasteiger partial charge in [-0.15, -0.1) is 0 Å². The van der Waals surface area contributed by atoms with E-state index in [0.29, 0.717) is 0 Å². The predicted molar refractivity (Wildman–Crippen MR) is 46.1 cm³/mol. The van der Waals surface area contributed by atoms with E-state index in [-0.39, 0.29) is 11.6 Å². The molecule has 0 unspecified atom stereocenters. The molecule has 0 fully saturated rings. The van der Waals surface area contributed by atoms with E-state index in [1.165, 1.54) is 13.1 Å². The zero-order chi connectivity index (χ0) is 10.2. The van der Waals surface area contributed by atoms with Crippen LogP contribution in [0.4, 0.5) is 12.9 Å². The third kappa shape index (κ3) is 1.87. The van der Waals surface area contributed by atoms with E-state index in [2.05, 4.69) is 5.10 Å². The van der Waals surface area contributed by atoms with Crippen LogP contribution >= 0.6 is 0 Å². The molecule has 2 nitrogen and oxygen atoms in total. The van der Waals surface area contributed by atoms with Gasteiger partial charge in [0.1, 0.15) is 0 Å². The van der Waals surface area contributed by atoms with Gasteiger partial charge in [-0.25, -0.2) is 0 Å². The Labute approximate surface area is 74.8 Å². The topological polar surface area (TPSA) is 17.8 Å². The summed E-state index contributed by atoms with van der Waals surface area (Å²) in [6.45, 7) is -0.169. The normalized spacial score (nSPS) is 12.5. The Morgan fingerprint density at radius 2 is 1.92 bits per heavy atom. The van der Waals surface area contributed by atoms with Crippen molar-refractivity contribution < 1.29 is 12.9 Å². The van der Waals surface area contributed by atoms with Gasteiger partial charge in [0.25, 0.3) is 0 Å². The van der Waals surface area contributed by atoms with Crippen LogP contribution in [0, 0.1) is 6.92 Å². The van der Waals surface area contributed by atoms with Gasteiger partial charge in [0, 0.05) is 12.2 Å². The zero-order valence-electron chi connectivity index (χ0n) is 7.76. The first-order valence-corrected chi connectivity index (χ1v) is 4.08. The van der Waals surface area contributed by atoms with Gasteiger partial charge in [0.2, 0.25) is 0 Å². The molecule has 74 valence electrons. The fourth-order valence-corrected chi connectivity index (χ4v) is 1.28. The van der Waals surface area contributed by atoms with Crippen molar-refractivity contribution in [3.63, 3.8) is 0 Å². The molecule has 0 aliphatic heterocycles. The molecule has 0 radical (unpaired) electrons. The molecule has 1 aromatic rings. The summed E-state index contributed by atoms with van der Waals surface area (Å²) >= 11 is 0. The number of hydrogen-bond donors (Lipinski definition) is 0. The van der Waals surface area contributed by atoms with Crippen molar-refractivity contribution in [1.29, 1.82) is 0 Å². The van der Waals surface area contributed by atoms with Crippen molar-refractivity contribution in [2.24, 2.45) is 0 Å². The molecule has 1 heterocycles. The minimum absolute atomic E-state index is 0.196. The second-order valence-corrected chi connectivity index (χ2v) is 3.33. The largest absolute Gasteiger partial charge is 0.527 e. The highest BCUT2D eigenvalue weighted by Gasteiger charge is 2.32. The third-order valence-electron chi connectivity index (χ3n) is 1.83. The van der Waals surface area contributed by atoms with Gasteiger partial charge in [0.05, 0.1) is 0 Å². The van der Waals surface area contributed by atoms with Crippen molar-refractivity contribution in [3.05, 3.63) is 11.8 Å². The smallest absolute Gasteiger partial charge is 0.444 e. The Hall–Kier alpha value is -0.935. The maximum Gasteiger partial charge on any atom is 0.527 e. The lowest BCUT2D eigenvalue weighted by atomic mass is 9.83. The molecule has 0 atom stereocenters. The minimum Gasteiger partial charge on any atom is -0.444 e. The second kappa shape index (κ2) is 3.08. The van der Waals surface area contributed by atoms with Gasteiger partial charge in [0.15, 0.2) is 0 Å². The summed E-state index contributed by atoms with van der Waals surface area (Å²) in [5, 5.41) is 3.69. The lowest BCUT2D eigenvalue weighted by Gasteiger charge is -2.20. The lowest BCUT2D eigenvalue weighted by molar-refractivity contribution is 0.473. The van der Waals surface area contributed by atoms with Gasteiger partial charge in [-0.3, -0.25) is 4.68 Å². The summed E-state index contributed by atoms with van der Waals surface area (Å²) < 4.78 is 38.5. The van der Waals surface area contributed by atoms with E-state index >= 15 is 0 Å². The first-order valence-electron chi connectivity index (χ1n) is 4.08. The van der Waals surface area contributed by atoms with Gasteiger partial charge < -0.3 is 12.9 Å². The van der Waals surface area contributed by atoms with Crippen LogP contribution < -0.4 is 5.59 Å². The van der Waals surface area contributed by atoms with Gasteiger partial charge in [-0.2, -0.15) is 5.10 Å². The summed E-state index contributed by atoms with van der Waals surface area (Å²) in [6.07, 6.45) is 1.25. The molecule has 1 rings (SSSR count). The number of aromatic nitrogens is 2. The fourth-order valence-electron chi connectivity index (χ4n) is 1.28. The molecule has 0 aliphatic rings. The molecule has 0 aromatic carbocycles. The number of hydrogen-bond acceptors (Lipinski definition) is 1. The van der Waals surface area contributed by atoms with E-state index < -0.39 is 12.6 Å². The Balaban J connectivity index is 3.25. The van der Waals surface area contributed by atoms with Crippen LogP contribution in [0.3, 0.4) is 0 Å². The van der Waals surface area contributed by atoms with Gasteiger partial charge in [-0.1, -0.05) is 0 Å². The van der Waals surface area contributed by atoms with Crippen molar-refractivity contribution >= 4 is 12.6 Å². The average molecular weight is 191 g/mol. The molecule has 1 aromatic heterocycles. The summed E-state index contributed by atoms with van der Waals surface area (Å²) in [7, 11) is 0. The van der Waals surface area contributed by atoms with Crippen LogP contribution in [0.25, 0.3) is 0 Å². The molecule has 13 heavy (non-hydrogen) atoms. The average Bonchev–Trinajstić information content (AvgIpc) is 2.28. The molecule has 6 heteroatoms. The van der Waals surface area contributed by atoms with E-state index in [1.54, 1.807) is 13.8 Å². The highest BCUT2D eigenvalue weighted by Crippen LogP contribution is 2.14. The maximum atomic E-state index is 12.5. The fraction of sp³-hybridized carbons (Fsp3) is 0.571. The first kappa shape index (κ1) is 10.1. The van der Waals surface area contributed by atoms with Crippen LogP contribution in [-0.2, 0) is 0 Å². The molecular formula is C7H11BF3N2-. The monoisotopic (exact) mass is 191 g/mol. The predicted octanol–water partition coefficient (Wildman–Crippen LogP) is 1.83. The van der Waals surface area contributed by atoms with Crippen LogP contribution in [0.1, 0.15) is 25.5 Å². The van der Waals surface area contributed by atoms with Gasteiger partial charge in [-0.05, 0) is 31.9 Å². The molecule has 0 saturated heterocycles. The Morgan fingerprint density at radius 3 is 2.23 bits per heavy atom. The number of nitrogens with zero attached hydrogens (tertiary/aromatic N) is 2. The van der Waals surface area contributed by atoms with Crippen LogP contribution in [-0.4, -0.2) is 16.8 Å². The number of rotatable bonds is 2. The molecule has 0 aliphatic carbocycles. The molecule has 0 spiro atoms. The highest BCUT2D eigenvalue weighted by atomic mass is 19.4. The maximum absolute atomic E-state index is 12.5. The van der Waals surface area contributed by atoms with E-state index in [4.69, 9.17) is 0 Å². The zero-order valence-corrected chi connectivity index (χ0v) is 7.76. The summed E-state index contributed by atoms with van der Waals surface area (Å²) in [4.78, 5) is 0. The highest BCUT2D eigenvalue weighted by molar-refractivity contribution is 6.73. The van der Waals surface area contributed by atoms with Crippen LogP contribution in [0.15, 0.2) is 6.20 Å². The Morgan fingerprint density at radius 1 is 1.38 bits per heavy atom. The summed E-state index contributed by atoms with van der Waals surface area (Å²) in [5.74, 6) is 0. The second-order valence-electron chi connectivity index (χ2n) is 3.33. The lowest BCUT2D eigenvalue weighted by Crippen LogP contribution is -2.42. The Bertz CT molecular complexity index is 303. The minimum atomic E-state index is -4.95. The summed E-state index contributed by atoms with van der Waals surface area (Å²) in [5.41, 5.74) is -0.392. The SMILES string of the molecule is Cc1cnn(C(C)C)c1[B-](F)(F)F. The molecule has 0 saturated carbocycles. The van der Waals surface area contributed by atoms with Crippen molar-refractivity contribution in [2.45, 2.75) is 26.8 Å². The first-order chi connectivity index (χ1) is 5.84. The van der Waals surface area contributed by atoms with E-state index in [9.17, 15) is 12.9 Å². The molecule has 0 bridgehead atoms. The molecule has 0 amide bonds. The van der Waals surface area contributed by atoms with E-state index in [1.807, 2.05) is 0 Å². The van der Waals surface area contributed by atoms with Crippen LogP contribution in [0.2, 0.25) is 0 Å². The molecular weight excluding hydrogens is 180 g/mol. The molecule has 0 N–H and O–H groups in total. The van der Waals surface area contributed by atoms with Crippen molar-refractivity contribution in [3.8, 4) is 0 Å². The van der Waals surface area contributed by atoms with Crippen LogP contribution in [0.5, 0.6) is 0 Å². The Kier molecular flexibility index (Phi) is 2.41. The number of halogens is 3. The van der Waals surface area contributed by atoms with Crippen molar-refractivity contribution in [1.82, 2.24) is 9.78 Å². The standard InChI is InChI=1S/C7H11BF3N2/c1-5(2)13-7(8(9,10)11)6(3)4-12-13/h4-5H,1-3H3/q-1. The number of aryl methyl sites for hydroxylation is 1. The quantitative estimate of drug-likeness (QED) is 0.652. The summed E-state index contributed by atoms with van der Waals surface area (Å²) in [6, 6.07) is -0.257. The van der Waals surface area contributed by atoms with E-state index in [0.717, 1.165) is 4.68 Å². The van der Waals surface area contributed by atoms with Crippen molar-refractivity contribution in [2.75, 3.05) is 0 Å².